The Hall–Kier alpha value is -2.99. The van der Waals surface area contributed by atoms with E-state index in [-0.39, 0.29) is 12.5 Å². The number of likely N-dealkylation sites (tertiary alicyclic amines) is 1. The standard InChI is InChI=1S/C25H32N2O4/c1-29-22-12-4-3-10-21(22)11-8-16-27-15-7-9-20(18-27)17-26-25(28)19-31-24-14-6-5-13-23(24)30-2/h3-6,8,10-14,20H,7,9,15-19H2,1-2H3,(H,26,28). The van der Waals surface area contributed by atoms with Crippen LogP contribution in [0.25, 0.3) is 6.08 Å². The van der Waals surface area contributed by atoms with Crippen LogP contribution in [-0.4, -0.2) is 57.8 Å². The third-order valence-corrected chi connectivity index (χ3v) is 5.42. The van der Waals surface area contributed by atoms with Gasteiger partial charge in [0.2, 0.25) is 0 Å². The Morgan fingerprint density at radius 1 is 1.06 bits per heavy atom. The van der Waals surface area contributed by atoms with Crippen LogP contribution in [0.2, 0.25) is 0 Å². The van der Waals surface area contributed by atoms with Gasteiger partial charge >= 0.3 is 0 Å². The number of carbonyl (C=O) groups is 1. The van der Waals surface area contributed by atoms with Crippen molar-refractivity contribution in [3.05, 3.63) is 60.2 Å². The summed E-state index contributed by atoms with van der Waals surface area (Å²) >= 11 is 0. The number of ether oxygens (including phenoxy) is 3. The lowest BCUT2D eigenvalue weighted by molar-refractivity contribution is -0.123. The zero-order chi connectivity index (χ0) is 21.9. The van der Waals surface area contributed by atoms with Crippen molar-refractivity contribution in [1.82, 2.24) is 10.2 Å². The van der Waals surface area contributed by atoms with Crippen molar-refractivity contribution < 1.29 is 19.0 Å². The highest BCUT2D eigenvalue weighted by atomic mass is 16.5. The molecular weight excluding hydrogens is 392 g/mol. The lowest BCUT2D eigenvalue weighted by Crippen LogP contribution is -2.41. The van der Waals surface area contributed by atoms with Gasteiger partial charge in [0.25, 0.3) is 5.91 Å². The molecule has 1 fully saturated rings. The molecule has 31 heavy (non-hydrogen) atoms. The number of para-hydroxylation sites is 3. The third-order valence-electron chi connectivity index (χ3n) is 5.42. The summed E-state index contributed by atoms with van der Waals surface area (Å²) in [6.45, 7) is 3.60. The highest BCUT2D eigenvalue weighted by Gasteiger charge is 2.19. The summed E-state index contributed by atoms with van der Waals surface area (Å²) in [5.41, 5.74) is 1.08. The normalized spacial score (nSPS) is 16.8. The Morgan fingerprint density at radius 2 is 1.77 bits per heavy atom. The van der Waals surface area contributed by atoms with Gasteiger partial charge in [0.15, 0.2) is 18.1 Å². The number of carbonyl (C=O) groups excluding carboxylic acids is 1. The minimum Gasteiger partial charge on any atom is -0.496 e. The minimum atomic E-state index is -0.112. The van der Waals surface area contributed by atoms with Gasteiger partial charge in [-0.2, -0.15) is 0 Å². The molecule has 1 atom stereocenters. The SMILES string of the molecule is COc1ccccc1C=CCN1CCCC(CNC(=O)COc2ccccc2OC)C1. The van der Waals surface area contributed by atoms with Gasteiger partial charge in [0.05, 0.1) is 14.2 Å². The van der Waals surface area contributed by atoms with E-state index in [4.69, 9.17) is 14.2 Å². The van der Waals surface area contributed by atoms with E-state index in [9.17, 15) is 4.79 Å². The first-order valence-electron chi connectivity index (χ1n) is 10.7. The van der Waals surface area contributed by atoms with Crippen LogP contribution >= 0.6 is 0 Å². The molecule has 1 N–H and O–H groups in total. The van der Waals surface area contributed by atoms with Crippen molar-refractivity contribution in [3.63, 3.8) is 0 Å². The average Bonchev–Trinajstić information content (AvgIpc) is 2.82. The van der Waals surface area contributed by atoms with Gasteiger partial charge in [0, 0.05) is 25.2 Å². The number of benzene rings is 2. The Bertz CT molecular complexity index is 868. The Balaban J connectivity index is 1.40. The molecule has 0 aromatic heterocycles. The predicted molar refractivity (Wildman–Crippen MR) is 123 cm³/mol. The lowest BCUT2D eigenvalue weighted by Gasteiger charge is -2.32. The number of amides is 1. The number of nitrogens with zero attached hydrogens (tertiary/aromatic N) is 1. The molecule has 6 heteroatoms. The second-order valence-electron chi connectivity index (χ2n) is 7.66. The van der Waals surface area contributed by atoms with E-state index in [0.717, 1.165) is 43.8 Å². The number of rotatable bonds is 10. The Kier molecular flexibility index (Phi) is 8.79. The summed E-state index contributed by atoms with van der Waals surface area (Å²) < 4.78 is 16.2. The average molecular weight is 425 g/mol. The third kappa shape index (κ3) is 7.03. The van der Waals surface area contributed by atoms with Crippen LogP contribution in [0.5, 0.6) is 17.2 Å². The Morgan fingerprint density at radius 3 is 2.55 bits per heavy atom. The Labute approximate surface area is 184 Å². The summed E-state index contributed by atoms with van der Waals surface area (Å²) in [5, 5.41) is 3.01. The van der Waals surface area contributed by atoms with Gasteiger partial charge in [-0.25, -0.2) is 0 Å². The monoisotopic (exact) mass is 424 g/mol. The van der Waals surface area contributed by atoms with Gasteiger partial charge in [-0.15, -0.1) is 0 Å². The molecule has 1 heterocycles. The highest BCUT2D eigenvalue weighted by Crippen LogP contribution is 2.25. The van der Waals surface area contributed by atoms with Crippen molar-refractivity contribution in [2.45, 2.75) is 12.8 Å². The van der Waals surface area contributed by atoms with E-state index >= 15 is 0 Å². The van der Waals surface area contributed by atoms with Crippen molar-refractivity contribution >= 4 is 12.0 Å². The van der Waals surface area contributed by atoms with Crippen molar-refractivity contribution in [2.75, 3.05) is 47.0 Å². The molecule has 1 amide bonds. The zero-order valence-electron chi connectivity index (χ0n) is 18.4. The van der Waals surface area contributed by atoms with E-state index in [1.54, 1.807) is 20.3 Å². The molecule has 0 aliphatic carbocycles. The van der Waals surface area contributed by atoms with E-state index < -0.39 is 0 Å². The molecular formula is C25H32N2O4. The fraction of sp³-hybridized carbons (Fsp3) is 0.400. The first-order valence-corrected chi connectivity index (χ1v) is 10.7. The summed E-state index contributed by atoms with van der Waals surface area (Å²) in [4.78, 5) is 14.6. The molecule has 6 nitrogen and oxygen atoms in total. The van der Waals surface area contributed by atoms with Crippen LogP contribution in [-0.2, 0) is 4.79 Å². The predicted octanol–water partition coefficient (Wildman–Crippen LogP) is 3.62. The number of piperidine rings is 1. The topological polar surface area (TPSA) is 60.0 Å². The fourth-order valence-corrected chi connectivity index (χ4v) is 3.81. The van der Waals surface area contributed by atoms with Crippen LogP contribution in [0.15, 0.2) is 54.6 Å². The molecule has 166 valence electrons. The number of nitrogens with one attached hydrogen (secondary N) is 1. The zero-order valence-corrected chi connectivity index (χ0v) is 18.4. The molecule has 1 saturated heterocycles. The van der Waals surface area contributed by atoms with Crippen LogP contribution in [0.3, 0.4) is 0 Å². The summed E-state index contributed by atoms with van der Waals surface area (Å²) in [6.07, 6.45) is 6.56. The van der Waals surface area contributed by atoms with E-state index in [1.165, 1.54) is 0 Å². The maximum atomic E-state index is 12.2. The summed E-state index contributed by atoms with van der Waals surface area (Å²) in [7, 11) is 3.28. The van der Waals surface area contributed by atoms with E-state index in [2.05, 4.69) is 28.4 Å². The molecule has 0 bridgehead atoms. The highest BCUT2D eigenvalue weighted by molar-refractivity contribution is 5.77. The quantitative estimate of drug-likeness (QED) is 0.631. The van der Waals surface area contributed by atoms with Gasteiger partial charge in [-0.3, -0.25) is 9.69 Å². The molecule has 1 aliphatic rings. The van der Waals surface area contributed by atoms with E-state index in [0.29, 0.717) is 24.0 Å². The maximum absolute atomic E-state index is 12.2. The number of hydrogen-bond donors (Lipinski definition) is 1. The van der Waals surface area contributed by atoms with Gasteiger partial charge in [-0.05, 0) is 43.5 Å². The first-order chi connectivity index (χ1) is 15.2. The molecule has 0 saturated carbocycles. The molecule has 0 spiro atoms. The van der Waals surface area contributed by atoms with Crippen molar-refractivity contribution in [3.8, 4) is 17.2 Å². The summed E-state index contributed by atoms with van der Waals surface area (Å²) in [5.74, 6) is 2.42. The maximum Gasteiger partial charge on any atom is 0.257 e. The molecule has 0 radical (unpaired) electrons. The fourth-order valence-electron chi connectivity index (χ4n) is 3.81. The van der Waals surface area contributed by atoms with Gasteiger partial charge < -0.3 is 19.5 Å². The largest absolute Gasteiger partial charge is 0.496 e. The number of hydrogen-bond acceptors (Lipinski definition) is 5. The van der Waals surface area contributed by atoms with Crippen molar-refractivity contribution in [2.24, 2.45) is 5.92 Å². The molecule has 2 aromatic rings. The lowest BCUT2D eigenvalue weighted by atomic mass is 9.98. The van der Waals surface area contributed by atoms with Crippen LogP contribution < -0.4 is 19.5 Å². The van der Waals surface area contributed by atoms with Crippen LogP contribution in [0.4, 0.5) is 0 Å². The molecule has 1 aliphatic heterocycles. The number of methoxy groups -OCH3 is 2. The first kappa shape index (κ1) is 22.7. The van der Waals surface area contributed by atoms with Gasteiger partial charge in [-0.1, -0.05) is 42.5 Å². The van der Waals surface area contributed by atoms with Crippen molar-refractivity contribution in [1.29, 1.82) is 0 Å². The summed E-state index contributed by atoms with van der Waals surface area (Å²) in [6, 6.07) is 15.3. The van der Waals surface area contributed by atoms with Crippen LogP contribution in [0, 0.1) is 5.92 Å². The van der Waals surface area contributed by atoms with Gasteiger partial charge in [0.1, 0.15) is 5.75 Å². The minimum absolute atomic E-state index is 0.0154. The second-order valence-corrected chi connectivity index (χ2v) is 7.66. The molecule has 2 aromatic carbocycles. The smallest absolute Gasteiger partial charge is 0.257 e. The molecule has 3 rings (SSSR count). The van der Waals surface area contributed by atoms with Crippen LogP contribution in [0.1, 0.15) is 18.4 Å². The molecule has 1 unspecified atom stereocenters. The second kappa shape index (κ2) is 12.0. The van der Waals surface area contributed by atoms with E-state index in [1.807, 2.05) is 36.4 Å².